The first-order valence-corrected chi connectivity index (χ1v) is 7.50. The fourth-order valence-corrected chi connectivity index (χ4v) is 2.68. The van der Waals surface area contributed by atoms with E-state index in [9.17, 15) is 0 Å². The van der Waals surface area contributed by atoms with Crippen LogP contribution in [-0.4, -0.2) is 27.8 Å². The molecule has 0 N–H and O–H groups in total. The number of aryl methyl sites for hydroxylation is 1. The number of piperidine rings is 1. The summed E-state index contributed by atoms with van der Waals surface area (Å²) in [6, 6.07) is 8.14. The monoisotopic (exact) mass is 289 g/mol. The molecule has 2 heterocycles. The van der Waals surface area contributed by atoms with Crippen LogP contribution in [0.25, 0.3) is 11.5 Å². The highest BCUT2D eigenvalue weighted by Crippen LogP contribution is 2.19. The van der Waals surface area contributed by atoms with Gasteiger partial charge in [0.1, 0.15) is 0 Å². The molecule has 4 nitrogen and oxygen atoms in total. The zero-order valence-corrected chi connectivity index (χ0v) is 12.5. The van der Waals surface area contributed by atoms with Crippen LogP contribution < -0.4 is 0 Å². The van der Waals surface area contributed by atoms with Crippen LogP contribution >= 0.6 is 12.2 Å². The fraction of sp³-hybridized carbons (Fsp3) is 0.467. The van der Waals surface area contributed by atoms with E-state index in [0.717, 1.165) is 25.3 Å². The van der Waals surface area contributed by atoms with E-state index in [1.165, 1.54) is 24.8 Å². The van der Waals surface area contributed by atoms with Crippen LogP contribution in [-0.2, 0) is 6.67 Å². The second-order valence-corrected chi connectivity index (χ2v) is 5.71. The maximum absolute atomic E-state index is 5.62. The zero-order chi connectivity index (χ0) is 13.9. The van der Waals surface area contributed by atoms with Crippen LogP contribution in [0.2, 0.25) is 0 Å². The summed E-state index contributed by atoms with van der Waals surface area (Å²) in [5.74, 6) is 0.604. The zero-order valence-electron chi connectivity index (χ0n) is 11.7. The van der Waals surface area contributed by atoms with Crippen molar-refractivity contribution in [3.63, 3.8) is 0 Å². The molecule has 3 rings (SSSR count). The maximum atomic E-state index is 5.62. The molecule has 1 aliphatic rings. The lowest BCUT2D eigenvalue weighted by molar-refractivity contribution is 0.170. The molecule has 2 aromatic rings. The van der Waals surface area contributed by atoms with E-state index in [4.69, 9.17) is 16.6 Å². The van der Waals surface area contributed by atoms with Crippen LogP contribution in [0.1, 0.15) is 24.8 Å². The van der Waals surface area contributed by atoms with E-state index in [1.54, 1.807) is 4.68 Å². The molecule has 0 unspecified atom stereocenters. The lowest BCUT2D eigenvalue weighted by Crippen LogP contribution is -2.32. The summed E-state index contributed by atoms with van der Waals surface area (Å²) >= 11 is 5.27. The van der Waals surface area contributed by atoms with Crippen molar-refractivity contribution >= 4 is 12.2 Å². The topological polar surface area (TPSA) is 34.2 Å². The lowest BCUT2D eigenvalue weighted by Gasteiger charge is -2.25. The van der Waals surface area contributed by atoms with Crippen LogP contribution in [0.15, 0.2) is 28.7 Å². The first-order valence-electron chi connectivity index (χ1n) is 7.10. The van der Waals surface area contributed by atoms with Crippen molar-refractivity contribution in [2.45, 2.75) is 32.9 Å². The smallest absolute Gasteiger partial charge is 0.288 e. The molecule has 0 atom stereocenters. The quantitative estimate of drug-likeness (QED) is 0.808. The van der Waals surface area contributed by atoms with Crippen LogP contribution in [0, 0.1) is 11.8 Å². The van der Waals surface area contributed by atoms with Crippen LogP contribution in [0.4, 0.5) is 0 Å². The lowest BCUT2D eigenvalue weighted by atomic mass is 10.1. The van der Waals surface area contributed by atoms with E-state index in [2.05, 4.69) is 29.1 Å². The SMILES string of the molecule is Cc1ccc(-c2nn(CN3CCCCC3)c(=S)o2)cc1. The Morgan fingerprint density at radius 2 is 1.85 bits per heavy atom. The van der Waals surface area contributed by atoms with Crippen molar-refractivity contribution in [2.75, 3.05) is 13.1 Å². The number of likely N-dealkylation sites (tertiary alicyclic amines) is 1. The minimum absolute atomic E-state index is 0.450. The Kier molecular flexibility index (Phi) is 3.98. The summed E-state index contributed by atoms with van der Waals surface area (Å²) < 4.78 is 7.41. The summed E-state index contributed by atoms with van der Waals surface area (Å²) in [5.41, 5.74) is 2.19. The highest BCUT2D eigenvalue weighted by Gasteiger charge is 2.14. The molecule has 1 saturated heterocycles. The number of nitrogens with zero attached hydrogens (tertiary/aromatic N) is 3. The predicted octanol–water partition coefficient (Wildman–Crippen LogP) is 3.62. The molecule has 1 aliphatic heterocycles. The van der Waals surface area contributed by atoms with Gasteiger partial charge in [-0.25, -0.2) is 4.68 Å². The van der Waals surface area contributed by atoms with Gasteiger partial charge in [0.15, 0.2) is 0 Å². The number of hydrogen-bond donors (Lipinski definition) is 0. The molecule has 0 radical (unpaired) electrons. The van der Waals surface area contributed by atoms with Gasteiger partial charge in [-0.05, 0) is 57.2 Å². The van der Waals surface area contributed by atoms with Crippen LogP contribution in [0.3, 0.4) is 0 Å². The fourth-order valence-electron chi connectivity index (χ4n) is 2.50. The van der Waals surface area contributed by atoms with E-state index >= 15 is 0 Å². The molecule has 1 aromatic carbocycles. The average Bonchev–Trinajstić information content (AvgIpc) is 2.82. The van der Waals surface area contributed by atoms with Gasteiger partial charge in [0.25, 0.3) is 4.84 Å². The van der Waals surface area contributed by atoms with E-state index in [1.807, 2.05) is 12.1 Å². The summed E-state index contributed by atoms with van der Waals surface area (Å²) in [6.07, 6.45) is 3.85. The minimum Gasteiger partial charge on any atom is -0.409 e. The Labute approximate surface area is 124 Å². The van der Waals surface area contributed by atoms with Gasteiger partial charge in [-0.15, -0.1) is 5.10 Å². The molecule has 0 spiro atoms. The minimum atomic E-state index is 0.450. The van der Waals surface area contributed by atoms with Crippen molar-refractivity contribution < 1.29 is 4.42 Å². The Morgan fingerprint density at radius 3 is 2.55 bits per heavy atom. The summed E-state index contributed by atoms with van der Waals surface area (Å²) in [7, 11) is 0. The normalized spacial score (nSPS) is 16.4. The van der Waals surface area contributed by atoms with E-state index < -0.39 is 0 Å². The molecule has 1 fully saturated rings. The Balaban J connectivity index is 1.79. The average molecular weight is 289 g/mol. The Morgan fingerprint density at radius 1 is 1.15 bits per heavy atom. The molecular weight excluding hydrogens is 270 g/mol. The largest absolute Gasteiger partial charge is 0.409 e. The van der Waals surface area contributed by atoms with Crippen molar-refractivity contribution in [1.29, 1.82) is 0 Å². The number of rotatable bonds is 3. The second kappa shape index (κ2) is 5.89. The second-order valence-electron chi connectivity index (χ2n) is 5.36. The number of benzene rings is 1. The molecular formula is C15H19N3OS. The number of aromatic nitrogens is 2. The first kappa shape index (κ1) is 13.5. The summed E-state index contributed by atoms with van der Waals surface area (Å²) in [4.78, 5) is 2.83. The highest BCUT2D eigenvalue weighted by molar-refractivity contribution is 7.71. The van der Waals surface area contributed by atoms with Gasteiger partial charge in [0, 0.05) is 5.56 Å². The Hall–Kier alpha value is -1.46. The molecule has 1 aromatic heterocycles. The number of hydrogen-bond acceptors (Lipinski definition) is 4. The van der Waals surface area contributed by atoms with Gasteiger partial charge in [-0.3, -0.25) is 4.90 Å². The molecule has 5 heteroatoms. The van der Waals surface area contributed by atoms with Gasteiger partial charge in [-0.1, -0.05) is 24.1 Å². The van der Waals surface area contributed by atoms with Crippen molar-refractivity contribution in [2.24, 2.45) is 0 Å². The third-order valence-electron chi connectivity index (χ3n) is 3.69. The molecule has 106 valence electrons. The molecule has 0 saturated carbocycles. The molecule has 0 amide bonds. The van der Waals surface area contributed by atoms with Crippen LogP contribution in [0.5, 0.6) is 0 Å². The van der Waals surface area contributed by atoms with Crippen molar-refractivity contribution in [3.05, 3.63) is 34.7 Å². The molecule has 0 aliphatic carbocycles. The van der Waals surface area contributed by atoms with E-state index in [0.29, 0.717) is 10.7 Å². The summed E-state index contributed by atoms with van der Waals surface area (Å²) in [5, 5.41) is 4.51. The van der Waals surface area contributed by atoms with Gasteiger partial charge in [-0.2, -0.15) is 0 Å². The molecule has 0 bridgehead atoms. The van der Waals surface area contributed by atoms with Gasteiger partial charge in [0.05, 0.1) is 6.67 Å². The third-order valence-corrected chi connectivity index (χ3v) is 3.98. The first-order chi connectivity index (χ1) is 9.72. The molecule has 20 heavy (non-hydrogen) atoms. The van der Waals surface area contributed by atoms with Gasteiger partial charge < -0.3 is 4.42 Å². The summed E-state index contributed by atoms with van der Waals surface area (Å²) in [6.45, 7) is 5.03. The predicted molar refractivity (Wildman–Crippen MR) is 80.9 cm³/mol. The van der Waals surface area contributed by atoms with Gasteiger partial charge >= 0.3 is 0 Å². The van der Waals surface area contributed by atoms with Crippen molar-refractivity contribution in [1.82, 2.24) is 14.7 Å². The third kappa shape index (κ3) is 2.99. The standard InChI is InChI=1S/C15H19N3OS/c1-12-5-7-13(8-6-12)14-16-18(15(20)19-14)11-17-9-3-2-4-10-17/h5-8H,2-4,9-11H2,1H3. The Bertz CT molecular complexity index is 623. The maximum Gasteiger partial charge on any atom is 0.288 e. The van der Waals surface area contributed by atoms with Crippen molar-refractivity contribution in [3.8, 4) is 11.5 Å². The van der Waals surface area contributed by atoms with Gasteiger partial charge in [0.2, 0.25) is 5.89 Å². The van der Waals surface area contributed by atoms with E-state index in [-0.39, 0.29) is 0 Å². The highest BCUT2D eigenvalue weighted by atomic mass is 32.1.